The summed E-state index contributed by atoms with van der Waals surface area (Å²) in [5.41, 5.74) is 3.07. The van der Waals surface area contributed by atoms with E-state index in [1.54, 1.807) is 11.9 Å². The lowest BCUT2D eigenvalue weighted by Gasteiger charge is -2.17. The van der Waals surface area contributed by atoms with Gasteiger partial charge in [-0.1, -0.05) is 11.3 Å². The van der Waals surface area contributed by atoms with Gasteiger partial charge in [-0.05, 0) is 20.8 Å². The molecule has 20 heavy (non-hydrogen) atoms. The first-order valence-electron chi connectivity index (χ1n) is 6.19. The number of nitrogens with one attached hydrogen (secondary N) is 1. The number of urea groups is 1. The van der Waals surface area contributed by atoms with Gasteiger partial charge in [0, 0.05) is 25.4 Å². The van der Waals surface area contributed by atoms with Crippen molar-refractivity contribution in [1.29, 1.82) is 0 Å². The molecule has 0 aromatic carbocycles. The van der Waals surface area contributed by atoms with Gasteiger partial charge in [0.05, 0.1) is 12.2 Å². The van der Waals surface area contributed by atoms with Crippen molar-refractivity contribution < 1.29 is 4.79 Å². The van der Waals surface area contributed by atoms with Gasteiger partial charge in [0.15, 0.2) is 0 Å². The highest BCUT2D eigenvalue weighted by Crippen LogP contribution is 2.16. The fourth-order valence-electron chi connectivity index (χ4n) is 1.89. The van der Waals surface area contributed by atoms with Gasteiger partial charge in [0.1, 0.15) is 5.01 Å². The number of hydrogen-bond donors (Lipinski definition) is 1. The Labute approximate surface area is 121 Å². The van der Waals surface area contributed by atoms with Gasteiger partial charge in [0.25, 0.3) is 0 Å². The lowest BCUT2D eigenvalue weighted by Crippen LogP contribution is -2.31. The van der Waals surface area contributed by atoms with Gasteiger partial charge < -0.3 is 4.90 Å². The van der Waals surface area contributed by atoms with Crippen LogP contribution in [0.1, 0.15) is 22.0 Å². The Morgan fingerprint density at radius 3 is 2.55 bits per heavy atom. The maximum absolute atomic E-state index is 12.1. The molecule has 0 saturated heterocycles. The summed E-state index contributed by atoms with van der Waals surface area (Å²) in [4.78, 5) is 13.7. The lowest BCUT2D eigenvalue weighted by atomic mass is 10.2. The summed E-state index contributed by atoms with van der Waals surface area (Å²) in [6, 6.07) is -0.205. The molecule has 1 N–H and O–H groups in total. The lowest BCUT2D eigenvalue weighted by molar-refractivity contribution is 0.220. The second-order valence-corrected chi connectivity index (χ2v) is 5.87. The van der Waals surface area contributed by atoms with Crippen LogP contribution < -0.4 is 5.32 Å². The molecule has 0 aliphatic heterocycles. The Morgan fingerprint density at radius 1 is 1.35 bits per heavy atom. The summed E-state index contributed by atoms with van der Waals surface area (Å²) in [5, 5.41) is 16.2. The number of aryl methyl sites for hydroxylation is 3. The molecular formula is C12H18N6OS. The first-order valence-corrected chi connectivity index (χ1v) is 7.01. The number of nitrogens with zero attached hydrogens (tertiary/aromatic N) is 5. The molecule has 0 atom stereocenters. The molecule has 2 rings (SSSR count). The zero-order chi connectivity index (χ0) is 14.9. The minimum absolute atomic E-state index is 0.205. The average molecular weight is 294 g/mol. The van der Waals surface area contributed by atoms with Crippen LogP contribution in [-0.2, 0) is 13.6 Å². The fourth-order valence-corrected chi connectivity index (χ4v) is 2.47. The van der Waals surface area contributed by atoms with E-state index < -0.39 is 0 Å². The summed E-state index contributed by atoms with van der Waals surface area (Å²) < 4.78 is 1.82. The van der Waals surface area contributed by atoms with Crippen LogP contribution in [-0.4, -0.2) is 38.0 Å². The number of anilines is 1. The van der Waals surface area contributed by atoms with E-state index in [2.05, 4.69) is 20.6 Å². The van der Waals surface area contributed by atoms with E-state index >= 15 is 0 Å². The molecule has 0 spiro atoms. The van der Waals surface area contributed by atoms with Gasteiger partial charge in [-0.3, -0.25) is 10.00 Å². The SMILES string of the molecule is Cc1nnc(NC(=O)N(C)Cc2c(C)nn(C)c2C)s1. The van der Waals surface area contributed by atoms with E-state index in [1.165, 1.54) is 11.3 Å². The van der Waals surface area contributed by atoms with Crippen LogP contribution in [0.25, 0.3) is 0 Å². The molecule has 2 heterocycles. The number of hydrogen-bond acceptors (Lipinski definition) is 5. The topological polar surface area (TPSA) is 75.9 Å². The Balaban J connectivity index is 2.04. The molecule has 8 heteroatoms. The second kappa shape index (κ2) is 5.58. The Kier molecular flexibility index (Phi) is 4.03. The molecule has 7 nitrogen and oxygen atoms in total. The van der Waals surface area contributed by atoms with Crippen LogP contribution in [0.3, 0.4) is 0 Å². The van der Waals surface area contributed by atoms with Gasteiger partial charge in [-0.15, -0.1) is 10.2 Å². The van der Waals surface area contributed by atoms with E-state index in [4.69, 9.17) is 0 Å². The maximum atomic E-state index is 12.1. The van der Waals surface area contributed by atoms with Crippen molar-refractivity contribution in [3.63, 3.8) is 0 Å². The normalized spacial score (nSPS) is 10.7. The molecule has 2 aromatic rings. The highest BCUT2D eigenvalue weighted by Gasteiger charge is 2.16. The van der Waals surface area contributed by atoms with E-state index in [0.717, 1.165) is 22.0 Å². The maximum Gasteiger partial charge on any atom is 0.323 e. The van der Waals surface area contributed by atoms with Crippen molar-refractivity contribution in [2.75, 3.05) is 12.4 Å². The van der Waals surface area contributed by atoms with Crippen molar-refractivity contribution in [3.8, 4) is 0 Å². The van der Waals surface area contributed by atoms with Crippen LogP contribution >= 0.6 is 11.3 Å². The Morgan fingerprint density at radius 2 is 2.05 bits per heavy atom. The Bertz CT molecular complexity index is 632. The van der Waals surface area contributed by atoms with Crippen LogP contribution in [0.2, 0.25) is 0 Å². The van der Waals surface area contributed by atoms with Crippen LogP contribution in [0.4, 0.5) is 9.93 Å². The van der Waals surface area contributed by atoms with Crippen molar-refractivity contribution in [2.45, 2.75) is 27.3 Å². The minimum Gasteiger partial charge on any atom is -0.323 e. The molecule has 0 fully saturated rings. The molecule has 0 aliphatic rings. The van der Waals surface area contributed by atoms with Crippen molar-refractivity contribution in [1.82, 2.24) is 24.9 Å². The largest absolute Gasteiger partial charge is 0.323 e. The summed E-state index contributed by atoms with van der Waals surface area (Å²) in [7, 11) is 3.64. The molecular weight excluding hydrogens is 276 g/mol. The van der Waals surface area contributed by atoms with Crippen molar-refractivity contribution in [3.05, 3.63) is 22.0 Å². The van der Waals surface area contributed by atoms with Crippen LogP contribution in [0.15, 0.2) is 0 Å². The molecule has 0 radical (unpaired) electrons. The molecule has 2 amide bonds. The van der Waals surface area contributed by atoms with E-state index in [1.807, 2.05) is 32.5 Å². The number of carbonyl (C=O) groups excluding carboxylic acids is 1. The number of amides is 2. The molecule has 0 aliphatic carbocycles. The summed E-state index contributed by atoms with van der Waals surface area (Å²) in [6.07, 6.45) is 0. The second-order valence-electron chi connectivity index (χ2n) is 4.69. The predicted molar refractivity (Wildman–Crippen MR) is 77.8 cm³/mol. The zero-order valence-corrected chi connectivity index (χ0v) is 13.1. The summed E-state index contributed by atoms with van der Waals surface area (Å²) in [6.45, 7) is 6.30. The smallest absolute Gasteiger partial charge is 0.323 e. The average Bonchev–Trinajstić information content (AvgIpc) is 2.88. The standard InChI is InChI=1S/C12H18N6OS/c1-7-10(8(2)18(5)16-7)6-17(4)12(19)13-11-15-14-9(3)20-11/h6H2,1-5H3,(H,13,15,19). The molecule has 0 saturated carbocycles. The number of aromatic nitrogens is 4. The third-order valence-electron chi connectivity index (χ3n) is 3.14. The van der Waals surface area contributed by atoms with Gasteiger partial charge in [-0.25, -0.2) is 4.79 Å². The number of rotatable bonds is 3. The van der Waals surface area contributed by atoms with E-state index in [9.17, 15) is 4.79 Å². The highest BCUT2D eigenvalue weighted by atomic mass is 32.1. The third-order valence-corrected chi connectivity index (χ3v) is 3.89. The summed E-state index contributed by atoms with van der Waals surface area (Å²) >= 11 is 1.35. The Hall–Kier alpha value is -1.96. The van der Waals surface area contributed by atoms with Gasteiger partial charge in [-0.2, -0.15) is 5.10 Å². The summed E-state index contributed by atoms with van der Waals surface area (Å²) in [5.74, 6) is 0. The molecule has 108 valence electrons. The van der Waals surface area contributed by atoms with Crippen LogP contribution in [0, 0.1) is 20.8 Å². The first-order chi connectivity index (χ1) is 9.38. The monoisotopic (exact) mass is 294 g/mol. The van der Waals surface area contributed by atoms with Gasteiger partial charge in [0.2, 0.25) is 5.13 Å². The van der Waals surface area contributed by atoms with Crippen LogP contribution in [0.5, 0.6) is 0 Å². The van der Waals surface area contributed by atoms with E-state index in [0.29, 0.717) is 11.7 Å². The van der Waals surface area contributed by atoms with E-state index in [-0.39, 0.29) is 6.03 Å². The van der Waals surface area contributed by atoms with Crippen molar-refractivity contribution in [2.24, 2.45) is 7.05 Å². The fraction of sp³-hybridized carbons (Fsp3) is 0.500. The number of carbonyl (C=O) groups is 1. The van der Waals surface area contributed by atoms with Gasteiger partial charge >= 0.3 is 6.03 Å². The molecule has 2 aromatic heterocycles. The minimum atomic E-state index is -0.205. The highest BCUT2D eigenvalue weighted by molar-refractivity contribution is 7.15. The molecule has 0 bridgehead atoms. The predicted octanol–water partition coefficient (Wildman–Crippen LogP) is 1.86. The first kappa shape index (κ1) is 14.4. The third kappa shape index (κ3) is 2.96. The zero-order valence-electron chi connectivity index (χ0n) is 12.3. The van der Waals surface area contributed by atoms with Crippen molar-refractivity contribution >= 4 is 22.5 Å². The quantitative estimate of drug-likeness (QED) is 0.937. The molecule has 0 unspecified atom stereocenters.